The van der Waals surface area contributed by atoms with Gasteiger partial charge in [0.2, 0.25) is 5.95 Å². The lowest BCUT2D eigenvalue weighted by Crippen LogP contribution is -2.23. The molecule has 41 heavy (non-hydrogen) atoms. The van der Waals surface area contributed by atoms with E-state index in [1.807, 2.05) is 45.0 Å². The number of aromatic nitrogens is 5. The molecule has 10 nitrogen and oxygen atoms in total. The molecule has 3 rings (SSSR count). The number of anilines is 1. The van der Waals surface area contributed by atoms with Crippen LogP contribution < -0.4 is 14.8 Å². The fraction of sp³-hybridized carbons (Fsp3) is 0.519. The van der Waals surface area contributed by atoms with E-state index < -0.39 is 24.4 Å². The number of nitrogens with zero attached hydrogens (tertiary/aromatic N) is 5. The van der Waals surface area contributed by atoms with Crippen LogP contribution in [0, 0.1) is 0 Å². The second kappa shape index (κ2) is 15.0. The van der Waals surface area contributed by atoms with Gasteiger partial charge in [0.15, 0.2) is 6.61 Å². The molecule has 2 aromatic heterocycles. The number of nitrogens with one attached hydrogen (secondary N) is 1. The number of aryl methyl sites for hydroxylation is 1. The molecule has 0 aliphatic rings. The van der Waals surface area contributed by atoms with E-state index in [1.54, 1.807) is 17.1 Å². The van der Waals surface area contributed by atoms with E-state index in [0.29, 0.717) is 26.1 Å². The molecule has 0 fully saturated rings. The maximum atomic E-state index is 12.8. The van der Waals surface area contributed by atoms with Gasteiger partial charge in [-0.2, -0.15) is 33.2 Å². The van der Waals surface area contributed by atoms with E-state index in [9.17, 15) is 18.0 Å². The molecule has 0 amide bonds. The molecule has 14 heteroatoms. The molecule has 0 aliphatic heterocycles. The maximum Gasteiger partial charge on any atom is 0.422 e. The summed E-state index contributed by atoms with van der Waals surface area (Å²) in [5.74, 6) is 0.750. The van der Waals surface area contributed by atoms with Crippen LogP contribution >= 0.6 is 15.9 Å². The number of carbonyl (C=O) groups is 1. The first-order chi connectivity index (χ1) is 19.4. The summed E-state index contributed by atoms with van der Waals surface area (Å²) < 4.78 is 55.7. The second-order valence-corrected chi connectivity index (χ2v) is 10.9. The maximum absolute atomic E-state index is 12.8. The van der Waals surface area contributed by atoms with Crippen LogP contribution in [0.5, 0.6) is 11.8 Å². The smallest absolute Gasteiger partial charge is 0.422 e. The second-order valence-electron chi connectivity index (χ2n) is 10.1. The van der Waals surface area contributed by atoms with E-state index in [1.165, 1.54) is 0 Å². The minimum Gasteiger partial charge on any atom is -0.494 e. The van der Waals surface area contributed by atoms with Gasteiger partial charge in [0.25, 0.3) is 0 Å². The third-order valence-corrected chi connectivity index (χ3v) is 5.74. The number of benzene rings is 1. The van der Waals surface area contributed by atoms with Crippen molar-refractivity contribution < 1.29 is 32.2 Å². The van der Waals surface area contributed by atoms with Crippen LogP contribution in [-0.2, 0) is 29.0 Å². The van der Waals surface area contributed by atoms with Crippen molar-refractivity contribution in [3.8, 4) is 11.8 Å². The van der Waals surface area contributed by atoms with Crippen LogP contribution in [0.15, 0.2) is 36.7 Å². The Morgan fingerprint density at radius 3 is 2.46 bits per heavy atom. The van der Waals surface area contributed by atoms with Crippen molar-refractivity contribution in [2.75, 3.05) is 23.9 Å². The first kappa shape index (κ1) is 32.1. The number of carbonyl (C=O) groups excluding carboxylic acids is 1. The summed E-state index contributed by atoms with van der Waals surface area (Å²) in [6.07, 6.45) is 0.701. The van der Waals surface area contributed by atoms with Crippen molar-refractivity contribution in [1.29, 1.82) is 0 Å². The predicted molar refractivity (Wildman–Crippen MR) is 149 cm³/mol. The highest BCUT2D eigenvalue weighted by Gasteiger charge is 2.29. The lowest BCUT2D eigenvalue weighted by atomic mass is 10.2. The fourth-order valence-corrected chi connectivity index (χ4v) is 3.71. The normalized spacial score (nSPS) is 11.8. The molecule has 0 aliphatic carbocycles. The Labute approximate surface area is 245 Å². The molecule has 0 bridgehead atoms. The van der Waals surface area contributed by atoms with Gasteiger partial charge in [-0.25, -0.2) is 0 Å². The number of rotatable bonds is 15. The highest BCUT2D eigenvalue weighted by molar-refractivity contribution is 9.09. The Balaban J connectivity index is 1.63. The van der Waals surface area contributed by atoms with Gasteiger partial charge in [0.1, 0.15) is 17.2 Å². The third kappa shape index (κ3) is 12.7. The summed E-state index contributed by atoms with van der Waals surface area (Å²) in [5, 5.41) is 8.17. The zero-order chi connectivity index (χ0) is 29.9. The van der Waals surface area contributed by atoms with E-state index in [0.717, 1.165) is 28.6 Å². The highest BCUT2D eigenvalue weighted by atomic mass is 79.9. The van der Waals surface area contributed by atoms with E-state index >= 15 is 0 Å². The number of hydrogen-bond acceptors (Lipinski definition) is 9. The van der Waals surface area contributed by atoms with Gasteiger partial charge in [-0.1, -0.05) is 28.1 Å². The van der Waals surface area contributed by atoms with Crippen LogP contribution in [0.2, 0.25) is 0 Å². The summed E-state index contributed by atoms with van der Waals surface area (Å²) in [6, 6.07) is 6.99. The molecule has 1 aromatic carbocycles. The number of esters is 1. The summed E-state index contributed by atoms with van der Waals surface area (Å²) in [6.45, 7) is 5.32. The molecule has 224 valence electrons. The van der Waals surface area contributed by atoms with Gasteiger partial charge in [-0.15, -0.1) is 0 Å². The third-order valence-electron chi connectivity index (χ3n) is 5.18. The van der Waals surface area contributed by atoms with Gasteiger partial charge in [0, 0.05) is 37.5 Å². The molecule has 0 spiro atoms. The summed E-state index contributed by atoms with van der Waals surface area (Å²) in [7, 11) is 0. The number of alkyl halides is 4. The van der Waals surface area contributed by atoms with E-state index in [2.05, 4.69) is 41.3 Å². The summed E-state index contributed by atoms with van der Waals surface area (Å²) >= 11 is 3.36. The largest absolute Gasteiger partial charge is 0.494 e. The van der Waals surface area contributed by atoms with Gasteiger partial charge < -0.3 is 19.5 Å². The first-order valence-corrected chi connectivity index (χ1v) is 14.2. The van der Waals surface area contributed by atoms with Crippen LogP contribution in [-0.4, -0.2) is 61.0 Å². The topological polar surface area (TPSA) is 113 Å². The number of ether oxygens (including phenoxy) is 3. The van der Waals surface area contributed by atoms with Crippen molar-refractivity contribution >= 4 is 27.8 Å². The van der Waals surface area contributed by atoms with Crippen LogP contribution in [0.4, 0.5) is 19.1 Å². The molecule has 1 N–H and O–H groups in total. The molecule has 0 saturated carbocycles. The van der Waals surface area contributed by atoms with Crippen molar-refractivity contribution in [2.24, 2.45) is 0 Å². The lowest BCUT2D eigenvalue weighted by molar-refractivity contribution is -0.155. The molecule has 3 aromatic rings. The number of hydrogen-bond donors (Lipinski definition) is 1. The van der Waals surface area contributed by atoms with E-state index in [-0.39, 0.29) is 30.6 Å². The monoisotopic (exact) mass is 642 g/mol. The first-order valence-electron chi connectivity index (χ1n) is 13.1. The zero-order valence-electron chi connectivity index (χ0n) is 23.2. The molecular formula is C27H34BrF3N6O4. The molecule has 0 atom stereocenters. The summed E-state index contributed by atoms with van der Waals surface area (Å²) in [5.41, 5.74) is 1.09. The SMILES string of the molecule is CC(C)(C)OC(=O)CCCn1cc(Cc2nc(NCc3ccc(OCCCBr)cc3)nc(OCC(F)(F)F)n2)cn1. The lowest BCUT2D eigenvalue weighted by Gasteiger charge is -2.19. The molecular weight excluding hydrogens is 609 g/mol. The fourth-order valence-electron chi connectivity index (χ4n) is 3.48. The zero-order valence-corrected chi connectivity index (χ0v) is 24.8. The standard InChI is InChI=1S/C27H34BrF3N6O4/c1-26(2,3)41-23(38)6-4-12-37-17-20(16-33-37)14-22-34-24(36-25(35-22)40-18-27(29,30)31)32-15-19-7-9-21(10-8-19)39-13-5-11-28/h7-10,16-17H,4-6,11-15,18H2,1-3H3,(H,32,34,35,36). The molecule has 0 radical (unpaired) electrons. The Morgan fingerprint density at radius 2 is 1.78 bits per heavy atom. The average Bonchev–Trinajstić information content (AvgIpc) is 3.32. The van der Waals surface area contributed by atoms with Crippen molar-refractivity contribution in [3.63, 3.8) is 0 Å². The van der Waals surface area contributed by atoms with Crippen LogP contribution in [0.1, 0.15) is 57.0 Å². The Kier molecular flexibility index (Phi) is 11.7. The van der Waals surface area contributed by atoms with Crippen molar-refractivity contribution in [1.82, 2.24) is 24.7 Å². The van der Waals surface area contributed by atoms with E-state index in [4.69, 9.17) is 14.2 Å². The van der Waals surface area contributed by atoms with Crippen molar-refractivity contribution in [3.05, 3.63) is 53.6 Å². The number of halogens is 4. The minimum absolute atomic E-state index is 0.0783. The van der Waals surface area contributed by atoms with Crippen molar-refractivity contribution in [2.45, 2.75) is 71.3 Å². The van der Waals surface area contributed by atoms with Gasteiger partial charge in [0.05, 0.1) is 12.8 Å². The van der Waals surface area contributed by atoms with Crippen LogP contribution in [0.3, 0.4) is 0 Å². The Bertz CT molecular complexity index is 1250. The Morgan fingerprint density at radius 1 is 1.02 bits per heavy atom. The van der Waals surface area contributed by atoms with Crippen LogP contribution in [0.25, 0.3) is 0 Å². The van der Waals surface area contributed by atoms with Gasteiger partial charge in [-0.3, -0.25) is 9.48 Å². The molecule has 2 heterocycles. The summed E-state index contributed by atoms with van der Waals surface area (Å²) in [4.78, 5) is 24.3. The Hall–Kier alpha value is -3.42. The average molecular weight is 644 g/mol. The molecule has 0 saturated heterocycles. The molecule has 0 unspecified atom stereocenters. The van der Waals surface area contributed by atoms with Gasteiger partial charge >= 0.3 is 18.2 Å². The minimum atomic E-state index is -4.54. The predicted octanol–water partition coefficient (Wildman–Crippen LogP) is 5.50. The highest BCUT2D eigenvalue weighted by Crippen LogP contribution is 2.19. The quantitative estimate of drug-likeness (QED) is 0.130. The van der Waals surface area contributed by atoms with Gasteiger partial charge in [-0.05, 0) is 56.9 Å².